The van der Waals surface area contributed by atoms with Gasteiger partial charge in [-0.3, -0.25) is 9.89 Å². The lowest BCUT2D eigenvalue weighted by atomic mass is 9.96. The number of rotatable bonds is 5. The first kappa shape index (κ1) is 17.8. The summed E-state index contributed by atoms with van der Waals surface area (Å²) >= 11 is 0. The number of guanidine groups is 1. The summed E-state index contributed by atoms with van der Waals surface area (Å²) in [7, 11) is 1.84. The molecule has 142 valence electrons. The summed E-state index contributed by atoms with van der Waals surface area (Å²) in [6.45, 7) is 3.20. The lowest BCUT2D eigenvalue weighted by Crippen LogP contribution is -2.47. The molecule has 3 aliphatic rings. The third-order valence-corrected chi connectivity index (χ3v) is 6.53. The molecule has 1 unspecified atom stereocenters. The molecule has 1 saturated heterocycles. The second kappa shape index (κ2) is 7.55. The summed E-state index contributed by atoms with van der Waals surface area (Å²) < 4.78 is 13.2. The van der Waals surface area contributed by atoms with Crippen molar-refractivity contribution in [1.82, 2.24) is 15.5 Å². The molecular formula is C21H31FN4. The van der Waals surface area contributed by atoms with Gasteiger partial charge in [-0.25, -0.2) is 4.39 Å². The van der Waals surface area contributed by atoms with Crippen LogP contribution in [0.3, 0.4) is 0 Å². The van der Waals surface area contributed by atoms with E-state index in [0.29, 0.717) is 6.04 Å². The standard InChI is InChI=1S/C21H31FN4/c1-23-20(25-18-10-13-26(14-18)19-4-2-3-5-19)24-15-21(11-12-21)16-6-8-17(22)9-7-16/h6-9,18-19H,2-5,10-15H2,1H3,(H2,23,24,25). The number of halogens is 1. The quantitative estimate of drug-likeness (QED) is 0.628. The van der Waals surface area contributed by atoms with E-state index in [2.05, 4.69) is 20.5 Å². The summed E-state index contributed by atoms with van der Waals surface area (Å²) in [4.78, 5) is 7.09. The summed E-state index contributed by atoms with van der Waals surface area (Å²) in [5.41, 5.74) is 1.38. The molecule has 26 heavy (non-hydrogen) atoms. The van der Waals surface area contributed by atoms with E-state index in [4.69, 9.17) is 0 Å². The third kappa shape index (κ3) is 3.88. The highest BCUT2D eigenvalue weighted by Crippen LogP contribution is 2.47. The van der Waals surface area contributed by atoms with Crippen LogP contribution in [0.2, 0.25) is 0 Å². The Morgan fingerprint density at radius 2 is 1.92 bits per heavy atom. The zero-order valence-corrected chi connectivity index (χ0v) is 15.8. The van der Waals surface area contributed by atoms with Crippen LogP contribution in [0.4, 0.5) is 4.39 Å². The maximum Gasteiger partial charge on any atom is 0.191 e. The van der Waals surface area contributed by atoms with E-state index in [0.717, 1.165) is 37.9 Å². The molecule has 4 rings (SSSR count). The van der Waals surface area contributed by atoms with Gasteiger partial charge in [-0.2, -0.15) is 0 Å². The molecule has 0 aromatic heterocycles. The molecule has 2 saturated carbocycles. The lowest BCUT2D eigenvalue weighted by Gasteiger charge is -2.24. The van der Waals surface area contributed by atoms with Crippen LogP contribution >= 0.6 is 0 Å². The number of nitrogens with one attached hydrogen (secondary N) is 2. The molecular weight excluding hydrogens is 327 g/mol. The Morgan fingerprint density at radius 3 is 2.58 bits per heavy atom. The molecule has 5 heteroatoms. The van der Waals surface area contributed by atoms with Crippen molar-refractivity contribution >= 4 is 5.96 Å². The van der Waals surface area contributed by atoms with Crippen LogP contribution in [0, 0.1) is 5.82 Å². The summed E-state index contributed by atoms with van der Waals surface area (Å²) in [5, 5.41) is 7.14. The largest absolute Gasteiger partial charge is 0.356 e. The highest BCUT2D eigenvalue weighted by Gasteiger charge is 2.44. The Morgan fingerprint density at radius 1 is 1.19 bits per heavy atom. The Kier molecular flexibility index (Phi) is 5.16. The molecule has 1 aromatic carbocycles. The smallest absolute Gasteiger partial charge is 0.191 e. The van der Waals surface area contributed by atoms with Crippen molar-refractivity contribution in [2.45, 2.75) is 62.4 Å². The zero-order valence-electron chi connectivity index (χ0n) is 15.8. The summed E-state index contributed by atoms with van der Waals surface area (Å²) in [6, 6.07) is 8.29. The van der Waals surface area contributed by atoms with Crippen LogP contribution in [-0.2, 0) is 5.41 Å². The van der Waals surface area contributed by atoms with Crippen molar-refractivity contribution in [2.24, 2.45) is 4.99 Å². The van der Waals surface area contributed by atoms with E-state index in [1.807, 2.05) is 19.2 Å². The van der Waals surface area contributed by atoms with Crippen molar-refractivity contribution in [3.8, 4) is 0 Å². The number of likely N-dealkylation sites (tertiary alicyclic amines) is 1. The van der Waals surface area contributed by atoms with Crippen LogP contribution in [-0.4, -0.2) is 49.6 Å². The predicted octanol–water partition coefficient (Wildman–Crippen LogP) is 3.04. The normalized spacial score (nSPS) is 26.2. The third-order valence-electron chi connectivity index (χ3n) is 6.53. The Hall–Kier alpha value is -1.62. The van der Waals surface area contributed by atoms with Crippen LogP contribution < -0.4 is 10.6 Å². The van der Waals surface area contributed by atoms with Gasteiger partial charge in [0, 0.05) is 44.2 Å². The molecule has 1 aliphatic heterocycles. The van der Waals surface area contributed by atoms with Gasteiger partial charge in [-0.15, -0.1) is 0 Å². The highest BCUT2D eigenvalue weighted by molar-refractivity contribution is 5.80. The minimum absolute atomic E-state index is 0.150. The first-order valence-corrected chi connectivity index (χ1v) is 10.2. The van der Waals surface area contributed by atoms with Gasteiger partial charge in [0.2, 0.25) is 0 Å². The fourth-order valence-corrected chi connectivity index (χ4v) is 4.67. The number of hydrogen-bond acceptors (Lipinski definition) is 2. The molecule has 1 atom stereocenters. The van der Waals surface area contributed by atoms with Gasteiger partial charge in [-0.05, 0) is 49.8 Å². The molecule has 0 spiro atoms. The summed E-state index contributed by atoms with van der Waals surface area (Å²) in [6.07, 6.45) is 9.05. The zero-order chi connectivity index (χ0) is 18.0. The molecule has 4 nitrogen and oxygen atoms in total. The van der Waals surface area contributed by atoms with Gasteiger partial charge in [0.15, 0.2) is 5.96 Å². The fourth-order valence-electron chi connectivity index (χ4n) is 4.67. The first-order chi connectivity index (χ1) is 12.7. The maximum absolute atomic E-state index is 13.2. The molecule has 0 radical (unpaired) electrons. The fraction of sp³-hybridized carbons (Fsp3) is 0.667. The minimum atomic E-state index is -0.164. The van der Waals surface area contributed by atoms with Gasteiger partial charge < -0.3 is 10.6 Å². The van der Waals surface area contributed by atoms with Crippen LogP contribution in [0.15, 0.2) is 29.3 Å². The molecule has 1 aromatic rings. The number of aliphatic imine (C=N–C) groups is 1. The van der Waals surface area contributed by atoms with Crippen molar-refractivity contribution < 1.29 is 4.39 Å². The van der Waals surface area contributed by atoms with Gasteiger partial charge in [-0.1, -0.05) is 25.0 Å². The highest BCUT2D eigenvalue weighted by atomic mass is 19.1. The number of benzene rings is 1. The second-order valence-electron chi connectivity index (χ2n) is 8.28. The summed E-state index contributed by atoms with van der Waals surface area (Å²) in [5.74, 6) is 0.736. The maximum atomic E-state index is 13.2. The average molecular weight is 359 g/mol. The van der Waals surface area contributed by atoms with Crippen LogP contribution in [0.5, 0.6) is 0 Å². The molecule has 0 bridgehead atoms. The van der Waals surface area contributed by atoms with Crippen molar-refractivity contribution in [2.75, 3.05) is 26.7 Å². The van der Waals surface area contributed by atoms with E-state index in [1.165, 1.54) is 44.2 Å². The topological polar surface area (TPSA) is 39.7 Å². The Labute approximate surface area is 156 Å². The van der Waals surface area contributed by atoms with Crippen molar-refractivity contribution in [1.29, 1.82) is 0 Å². The van der Waals surface area contributed by atoms with Gasteiger partial charge in [0.05, 0.1) is 0 Å². The number of hydrogen-bond donors (Lipinski definition) is 2. The molecule has 2 N–H and O–H groups in total. The van der Waals surface area contributed by atoms with E-state index in [1.54, 1.807) is 12.1 Å². The molecule has 3 fully saturated rings. The molecule has 0 amide bonds. The van der Waals surface area contributed by atoms with E-state index >= 15 is 0 Å². The monoisotopic (exact) mass is 358 g/mol. The SMILES string of the molecule is CN=C(NCC1(c2ccc(F)cc2)CC1)NC1CCN(C2CCCC2)C1. The Bertz CT molecular complexity index is 632. The van der Waals surface area contributed by atoms with Gasteiger partial charge in [0.1, 0.15) is 5.82 Å². The van der Waals surface area contributed by atoms with E-state index < -0.39 is 0 Å². The van der Waals surface area contributed by atoms with Crippen molar-refractivity contribution in [3.63, 3.8) is 0 Å². The predicted molar refractivity (Wildman–Crippen MR) is 104 cm³/mol. The van der Waals surface area contributed by atoms with E-state index in [-0.39, 0.29) is 11.2 Å². The second-order valence-corrected chi connectivity index (χ2v) is 8.28. The molecule has 1 heterocycles. The molecule has 2 aliphatic carbocycles. The minimum Gasteiger partial charge on any atom is -0.356 e. The van der Waals surface area contributed by atoms with Gasteiger partial charge >= 0.3 is 0 Å². The lowest BCUT2D eigenvalue weighted by molar-refractivity contribution is 0.242. The number of nitrogens with zero attached hydrogens (tertiary/aromatic N) is 2. The Balaban J connectivity index is 1.28. The van der Waals surface area contributed by atoms with Crippen molar-refractivity contribution in [3.05, 3.63) is 35.6 Å². The van der Waals surface area contributed by atoms with Gasteiger partial charge in [0.25, 0.3) is 0 Å². The van der Waals surface area contributed by atoms with E-state index in [9.17, 15) is 4.39 Å². The average Bonchev–Trinajstić information content (AvgIpc) is 3.06. The van der Waals surface area contributed by atoms with Crippen LogP contribution in [0.25, 0.3) is 0 Å². The first-order valence-electron chi connectivity index (χ1n) is 10.2. The van der Waals surface area contributed by atoms with Crippen LogP contribution in [0.1, 0.15) is 50.5 Å².